The average molecular weight is 564 g/mol. The van der Waals surface area contributed by atoms with Crippen molar-refractivity contribution in [2.24, 2.45) is 0 Å². The van der Waals surface area contributed by atoms with Crippen LogP contribution in [0.1, 0.15) is 12.3 Å². The van der Waals surface area contributed by atoms with Gasteiger partial charge in [-0.05, 0) is 97.7 Å². The average Bonchev–Trinajstić information content (AvgIpc) is 3.18. The zero-order chi connectivity index (χ0) is 36.6. The highest BCUT2D eigenvalue weighted by molar-refractivity contribution is 6.32. The monoisotopic (exact) mass is 563 g/mol. The van der Waals surface area contributed by atoms with Gasteiger partial charge in [-0.1, -0.05) is 158 Å². The van der Waals surface area contributed by atoms with Crippen LogP contribution in [0.2, 0.25) is 0 Å². The van der Waals surface area contributed by atoms with Crippen LogP contribution in [0.15, 0.2) is 158 Å². The van der Waals surface area contributed by atoms with Crippen LogP contribution in [-0.2, 0) is 0 Å². The highest BCUT2D eigenvalue weighted by atomic mass is 14.2. The second-order valence-electron chi connectivity index (χ2n) is 11.3. The third kappa shape index (κ3) is 3.17. The molecule has 10 rings (SSSR count). The van der Waals surface area contributed by atoms with Crippen LogP contribution in [0, 0.1) is 0 Å². The van der Waals surface area contributed by atoms with Crippen LogP contribution in [0.25, 0.3) is 97.7 Å². The highest BCUT2D eigenvalue weighted by Crippen LogP contribution is 2.49. The number of fused-ring (bicyclic) bond motifs is 5. The molecule has 0 radical (unpaired) electrons. The topological polar surface area (TPSA) is 0 Å². The van der Waals surface area contributed by atoms with Crippen molar-refractivity contribution < 1.29 is 12.3 Å². The minimum Gasteiger partial charge on any atom is -0.0616 e. The van der Waals surface area contributed by atoms with Crippen molar-refractivity contribution in [1.29, 1.82) is 0 Å². The summed E-state index contributed by atoms with van der Waals surface area (Å²) >= 11 is 0. The van der Waals surface area contributed by atoms with Gasteiger partial charge in [-0.15, -0.1) is 0 Å². The van der Waals surface area contributed by atoms with Crippen molar-refractivity contribution in [3.63, 3.8) is 0 Å². The predicted octanol–water partition coefficient (Wildman–Crippen LogP) is 12.5. The Balaban J connectivity index is 1.52. The molecule has 0 aliphatic rings. The molecule has 0 amide bonds. The van der Waals surface area contributed by atoms with Crippen LogP contribution in [-0.4, -0.2) is 0 Å². The lowest BCUT2D eigenvalue weighted by molar-refractivity contribution is 1.70. The molecule has 0 saturated carbocycles. The lowest BCUT2D eigenvalue weighted by Gasteiger charge is -2.21. The van der Waals surface area contributed by atoms with Crippen LogP contribution in [0.3, 0.4) is 0 Å². The molecule has 0 atom stereocenters. The molecule has 0 saturated heterocycles. The summed E-state index contributed by atoms with van der Waals surface area (Å²) in [5.74, 6) is 0. The van der Waals surface area contributed by atoms with Crippen molar-refractivity contribution in [2.75, 3.05) is 0 Å². The first-order valence-electron chi connectivity index (χ1n) is 19.1. The molecule has 202 valence electrons. The van der Waals surface area contributed by atoms with Gasteiger partial charge in [0.25, 0.3) is 0 Å². The van der Waals surface area contributed by atoms with Gasteiger partial charge in [0.05, 0.1) is 12.3 Å². The fraction of sp³-hybridized carbons (Fsp3) is 0. The van der Waals surface area contributed by atoms with Gasteiger partial charge in [0.2, 0.25) is 0 Å². The van der Waals surface area contributed by atoms with Crippen molar-refractivity contribution in [2.45, 2.75) is 0 Å². The van der Waals surface area contributed by atoms with Gasteiger partial charge in [0.1, 0.15) is 0 Å². The quantitative estimate of drug-likeness (QED) is 0.145. The minimum atomic E-state index is -0.489. The maximum Gasteiger partial charge on any atom is 0.0630 e. The molecular weight excluding hydrogens is 528 g/mol. The molecule has 0 bridgehead atoms. The van der Waals surface area contributed by atoms with E-state index in [1.54, 1.807) is 0 Å². The van der Waals surface area contributed by atoms with E-state index in [1.165, 1.54) is 0 Å². The molecule has 0 aliphatic carbocycles. The van der Waals surface area contributed by atoms with E-state index in [0.29, 0.717) is 5.56 Å². The molecule has 0 unspecified atom stereocenters. The minimum absolute atomic E-state index is 0.0345. The number of hydrogen-bond acceptors (Lipinski definition) is 0. The van der Waals surface area contributed by atoms with E-state index >= 15 is 0 Å². The first kappa shape index (κ1) is 16.8. The molecule has 44 heavy (non-hydrogen) atoms. The number of rotatable bonds is 2. The maximum absolute atomic E-state index is 9.67. The normalized spacial score (nSPS) is 15.0. The first-order chi connectivity index (χ1) is 25.6. The van der Waals surface area contributed by atoms with E-state index in [-0.39, 0.29) is 68.1 Å². The summed E-state index contributed by atoms with van der Waals surface area (Å²) < 4.78 is 81.9. The Hall–Kier alpha value is -5.72. The van der Waals surface area contributed by atoms with Crippen LogP contribution in [0.4, 0.5) is 0 Å². The maximum atomic E-state index is 9.67. The summed E-state index contributed by atoms with van der Waals surface area (Å²) in [6, 6.07) is 31.3. The Morgan fingerprint density at radius 1 is 0.295 bits per heavy atom. The molecule has 10 aromatic rings. The molecular formula is C44H26. The third-order valence-electron chi connectivity index (χ3n) is 9.04. The smallest absolute Gasteiger partial charge is 0.0616 e. The van der Waals surface area contributed by atoms with Gasteiger partial charge in [-0.25, -0.2) is 0 Å². The van der Waals surface area contributed by atoms with Gasteiger partial charge in [-0.2, -0.15) is 0 Å². The van der Waals surface area contributed by atoms with Crippen molar-refractivity contribution in [1.82, 2.24) is 0 Å². The second kappa shape index (κ2) is 8.89. The summed E-state index contributed by atoms with van der Waals surface area (Å²) in [7, 11) is 0. The lowest BCUT2D eigenvalue weighted by Crippen LogP contribution is -1.94. The van der Waals surface area contributed by atoms with Crippen molar-refractivity contribution >= 4 is 75.4 Å². The zero-order valence-corrected chi connectivity index (χ0v) is 23.3. The van der Waals surface area contributed by atoms with E-state index in [1.807, 2.05) is 54.6 Å². The molecule has 0 aliphatic heterocycles. The van der Waals surface area contributed by atoms with E-state index < -0.39 is 24.2 Å². The molecule has 0 nitrogen and oxygen atoms in total. The van der Waals surface area contributed by atoms with Crippen LogP contribution < -0.4 is 0 Å². The largest absolute Gasteiger partial charge is 0.0630 e. The Labute approximate surface area is 267 Å². The number of hydrogen-bond donors (Lipinski definition) is 0. The van der Waals surface area contributed by atoms with Gasteiger partial charge in [0.15, 0.2) is 0 Å². The summed E-state index contributed by atoms with van der Waals surface area (Å²) in [4.78, 5) is 0. The van der Waals surface area contributed by atoms with Gasteiger partial charge in [-0.3, -0.25) is 0 Å². The Morgan fingerprint density at radius 2 is 0.886 bits per heavy atom. The lowest BCUT2D eigenvalue weighted by atomic mass is 9.81. The Kier molecular flexibility index (Phi) is 3.39. The van der Waals surface area contributed by atoms with Gasteiger partial charge in [0, 0.05) is 0 Å². The Bertz CT molecular complexity index is 3250. The SMILES string of the molecule is [2H]c1c([2H])c2c([2H])c([2H])c3c([2H])c([2H])c(-c4c5ccccc5c(-c5cccc6ccccc56)c5c4ccc4ccccc45)c4c([2H])c([2H])c(c1[2H])c2c34. The fourth-order valence-electron chi connectivity index (χ4n) is 7.19. The fourth-order valence-corrected chi connectivity index (χ4v) is 7.19. The van der Waals surface area contributed by atoms with Crippen molar-refractivity contribution in [3.8, 4) is 22.3 Å². The third-order valence-corrected chi connectivity index (χ3v) is 9.04. The van der Waals surface area contributed by atoms with Gasteiger partial charge < -0.3 is 0 Å². The van der Waals surface area contributed by atoms with Gasteiger partial charge >= 0.3 is 0 Å². The summed E-state index contributed by atoms with van der Waals surface area (Å²) in [6.45, 7) is 0. The molecule has 0 heterocycles. The van der Waals surface area contributed by atoms with E-state index in [4.69, 9.17) is 6.85 Å². The summed E-state index contributed by atoms with van der Waals surface area (Å²) in [5, 5.41) is 7.88. The summed E-state index contributed by atoms with van der Waals surface area (Å²) in [5.41, 5.74) is 2.88. The van der Waals surface area contributed by atoms with E-state index in [9.17, 15) is 5.48 Å². The molecule has 0 N–H and O–H groups in total. The highest BCUT2D eigenvalue weighted by Gasteiger charge is 2.21. The molecule has 0 aromatic heterocycles. The van der Waals surface area contributed by atoms with Crippen LogP contribution >= 0.6 is 0 Å². The number of benzene rings is 10. The zero-order valence-electron chi connectivity index (χ0n) is 32.3. The summed E-state index contributed by atoms with van der Waals surface area (Å²) in [6.07, 6.45) is 0. The molecule has 0 heteroatoms. The standard InChI is InChI=1S/C44H26/c1-3-14-32-27(9-1)11-8-18-34(32)44-36-17-6-5-16-35(36)42(39-26-21-28-10-2-4-15-33(28)43(39)44)38-25-23-31-20-19-29-12-7-13-30-22-24-37(38)41(31)40(29)30/h1-26H/i7D,12D,13D,19D,20D,22D,23D,24D,25D. The second-order valence-corrected chi connectivity index (χ2v) is 11.3. The van der Waals surface area contributed by atoms with E-state index in [0.717, 1.165) is 54.2 Å². The first-order valence-corrected chi connectivity index (χ1v) is 14.6. The molecule has 0 fully saturated rings. The molecule has 10 aromatic carbocycles. The Morgan fingerprint density at radius 3 is 1.68 bits per heavy atom. The van der Waals surface area contributed by atoms with Crippen LogP contribution in [0.5, 0.6) is 0 Å². The van der Waals surface area contributed by atoms with Crippen molar-refractivity contribution in [3.05, 3.63) is 158 Å². The van der Waals surface area contributed by atoms with E-state index in [2.05, 4.69) is 48.5 Å². The molecule has 0 spiro atoms. The predicted molar refractivity (Wildman–Crippen MR) is 191 cm³/mol.